The Kier molecular flexibility index (Phi) is 4.42. The van der Waals surface area contributed by atoms with Gasteiger partial charge in [-0.2, -0.15) is 0 Å². The maximum atomic E-state index is 13.4. The van der Waals surface area contributed by atoms with E-state index in [0.717, 1.165) is 18.4 Å². The van der Waals surface area contributed by atoms with Gasteiger partial charge in [0.05, 0.1) is 6.04 Å². The first-order valence-electron chi connectivity index (χ1n) is 10.4. The number of nitrogens with zero attached hydrogens (tertiary/aromatic N) is 1. The van der Waals surface area contributed by atoms with E-state index >= 15 is 0 Å². The zero-order valence-corrected chi connectivity index (χ0v) is 16.0. The highest BCUT2D eigenvalue weighted by molar-refractivity contribution is 5.91. The number of benzene rings is 2. The zero-order chi connectivity index (χ0) is 19.1. The smallest absolute Gasteiger partial charge is 0.243 e. The van der Waals surface area contributed by atoms with E-state index in [9.17, 15) is 9.59 Å². The summed E-state index contributed by atoms with van der Waals surface area (Å²) in [5.74, 6) is 1.10. The number of hydrogen-bond donors (Lipinski definition) is 1. The molecule has 2 amide bonds. The van der Waals surface area contributed by atoms with E-state index in [1.165, 1.54) is 18.4 Å². The van der Waals surface area contributed by atoms with Crippen LogP contribution in [0, 0.1) is 11.8 Å². The van der Waals surface area contributed by atoms with Crippen molar-refractivity contribution in [2.75, 3.05) is 6.54 Å². The molecule has 2 aromatic rings. The van der Waals surface area contributed by atoms with Crippen LogP contribution < -0.4 is 5.32 Å². The highest BCUT2D eigenvalue weighted by Gasteiger charge is 2.50. The summed E-state index contributed by atoms with van der Waals surface area (Å²) in [7, 11) is 0. The largest absolute Gasteiger partial charge is 0.346 e. The lowest BCUT2D eigenvalue weighted by Crippen LogP contribution is -2.58. The first kappa shape index (κ1) is 17.5. The lowest BCUT2D eigenvalue weighted by molar-refractivity contribution is -0.146. The average Bonchev–Trinajstić information content (AvgIpc) is 3.65. The summed E-state index contributed by atoms with van der Waals surface area (Å²) in [6.45, 7) is 0.573. The van der Waals surface area contributed by atoms with Gasteiger partial charge in [0.25, 0.3) is 0 Å². The topological polar surface area (TPSA) is 49.4 Å². The predicted octanol–water partition coefficient (Wildman–Crippen LogP) is 3.66. The van der Waals surface area contributed by atoms with Crippen molar-refractivity contribution in [2.24, 2.45) is 11.8 Å². The molecule has 2 saturated carbocycles. The Hall–Kier alpha value is -2.62. The van der Waals surface area contributed by atoms with Gasteiger partial charge in [-0.15, -0.1) is 0 Å². The number of rotatable bonds is 5. The van der Waals surface area contributed by atoms with Gasteiger partial charge in [-0.3, -0.25) is 9.59 Å². The van der Waals surface area contributed by atoms with Gasteiger partial charge in [0.15, 0.2) is 0 Å². The number of amides is 2. The van der Waals surface area contributed by atoms with E-state index < -0.39 is 0 Å². The van der Waals surface area contributed by atoms with E-state index in [0.29, 0.717) is 18.4 Å². The Labute approximate surface area is 165 Å². The normalized spacial score (nSPS) is 29.3. The molecule has 0 aromatic heterocycles. The van der Waals surface area contributed by atoms with Crippen molar-refractivity contribution in [3.63, 3.8) is 0 Å². The van der Waals surface area contributed by atoms with Gasteiger partial charge in [-0.25, -0.2) is 0 Å². The predicted molar refractivity (Wildman–Crippen MR) is 107 cm³/mol. The second kappa shape index (κ2) is 7.08. The van der Waals surface area contributed by atoms with E-state index in [1.54, 1.807) is 0 Å². The minimum atomic E-state index is -0.308. The first-order chi connectivity index (χ1) is 13.7. The van der Waals surface area contributed by atoms with Gasteiger partial charge in [0, 0.05) is 12.5 Å². The highest BCUT2D eigenvalue weighted by atomic mass is 16.2. The van der Waals surface area contributed by atoms with Crippen molar-refractivity contribution in [3.8, 4) is 0 Å². The van der Waals surface area contributed by atoms with Gasteiger partial charge in [-0.05, 0) is 35.8 Å². The van der Waals surface area contributed by atoms with Gasteiger partial charge >= 0.3 is 0 Å². The van der Waals surface area contributed by atoms with Crippen LogP contribution in [0.15, 0.2) is 60.7 Å². The van der Waals surface area contributed by atoms with E-state index in [2.05, 4.69) is 17.4 Å². The zero-order valence-electron chi connectivity index (χ0n) is 16.0. The third-order valence-electron chi connectivity index (χ3n) is 6.45. The molecular formula is C24H26N2O2. The summed E-state index contributed by atoms with van der Waals surface area (Å²) in [5, 5.41) is 3.17. The Morgan fingerprint density at radius 2 is 1.61 bits per heavy atom. The molecule has 4 atom stereocenters. The molecule has 2 aliphatic carbocycles. The van der Waals surface area contributed by atoms with E-state index in [-0.39, 0.29) is 29.8 Å². The summed E-state index contributed by atoms with van der Waals surface area (Å²) < 4.78 is 0. The molecule has 4 heteroatoms. The Morgan fingerprint density at radius 3 is 2.25 bits per heavy atom. The number of nitrogens with one attached hydrogen (secondary N) is 1. The monoisotopic (exact) mass is 374 g/mol. The van der Waals surface area contributed by atoms with Crippen LogP contribution in [0.4, 0.5) is 0 Å². The quantitative estimate of drug-likeness (QED) is 0.868. The number of carbonyl (C=O) groups excluding carboxylic acids is 2. The lowest BCUT2D eigenvalue weighted by Gasteiger charge is -2.40. The van der Waals surface area contributed by atoms with Crippen LogP contribution in [0.25, 0.3) is 0 Å². The molecule has 1 aliphatic heterocycles. The molecule has 1 N–H and O–H groups in total. The standard InChI is InChI=1S/C24H26N2O2/c27-23-22(13-16-11-12-16)26(15-21(25-23)18-9-5-2-6-10-18)24(28)20-14-19(20)17-7-3-1-4-8-17/h1-10,16,19-22H,11-15H2,(H,25,27). The van der Waals surface area contributed by atoms with Gasteiger partial charge in [0.1, 0.15) is 6.04 Å². The molecular weight excluding hydrogens is 348 g/mol. The fourth-order valence-corrected chi connectivity index (χ4v) is 4.55. The minimum Gasteiger partial charge on any atom is -0.346 e. The molecule has 1 saturated heterocycles. The molecule has 0 radical (unpaired) electrons. The molecule has 4 unspecified atom stereocenters. The van der Waals surface area contributed by atoms with Crippen LogP contribution in [0.5, 0.6) is 0 Å². The number of piperazine rings is 1. The van der Waals surface area contributed by atoms with Crippen LogP contribution in [0.2, 0.25) is 0 Å². The molecule has 4 nitrogen and oxygen atoms in total. The fourth-order valence-electron chi connectivity index (χ4n) is 4.55. The maximum Gasteiger partial charge on any atom is 0.243 e. The Bertz CT molecular complexity index is 863. The van der Waals surface area contributed by atoms with Gasteiger partial charge < -0.3 is 10.2 Å². The average molecular weight is 374 g/mol. The second-order valence-electron chi connectivity index (χ2n) is 8.52. The Morgan fingerprint density at radius 1 is 0.964 bits per heavy atom. The molecule has 28 heavy (non-hydrogen) atoms. The maximum absolute atomic E-state index is 13.4. The first-order valence-corrected chi connectivity index (χ1v) is 10.4. The molecule has 1 heterocycles. The second-order valence-corrected chi connectivity index (χ2v) is 8.52. The highest BCUT2D eigenvalue weighted by Crippen LogP contribution is 2.49. The molecule has 0 spiro atoms. The molecule has 144 valence electrons. The van der Waals surface area contributed by atoms with Crippen molar-refractivity contribution in [2.45, 2.75) is 43.7 Å². The third-order valence-corrected chi connectivity index (χ3v) is 6.45. The number of carbonyl (C=O) groups is 2. The molecule has 5 rings (SSSR count). The number of hydrogen-bond acceptors (Lipinski definition) is 2. The van der Waals surface area contributed by atoms with Crippen LogP contribution in [-0.2, 0) is 9.59 Å². The summed E-state index contributed by atoms with van der Waals surface area (Å²) in [4.78, 5) is 28.3. The van der Waals surface area contributed by atoms with Crippen LogP contribution in [-0.4, -0.2) is 29.3 Å². The van der Waals surface area contributed by atoms with Crippen LogP contribution in [0.3, 0.4) is 0 Å². The van der Waals surface area contributed by atoms with Crippen LogP contribution in [0.1, 0.15) is 48.8 Å². The summed E-state index contributed by atoms with van der Waals surface area (Å²) in [6.07, 6.45) is 4.07. The molecule has 2 aromatic carbocycles. The van der Waals surface area contributed by atoms with Crippen molar-refractivity contribution in [3.05, 3.63) is 71.8 Å². The van der Waals surface area contributed by atoms with Crippen molar-refractivity contribution < 1.29 is 9.59 Å². The molecule has 3 aliphatic rings. The van der Waals surface area contributed by atoms with E-state index in [1.807, 2.05) is 53.4 Å². The summed E-state index contributed by atoms with van der Waals surface area (Å²) in [5.41, 5.74) is 2.30. The van der Waals surface area contributed by atoms with Crippen molar-refractivity contribution >= 4 is 11.8 Å². The Balaban J connectivity index is 1.37. The van der Waals surface area contributed by atoms with Crippen molar-refractivity contribution in [1.29, 1.82) is 0 Å². The van der Waals surface area contributed by atoms with Crippen molar-refractivity contribution in [1.82, 2.24) is 10.2 Å². The third kappa shape index (κ3) is 3.44. The fraction of sp³-hybridized carbons (Fsp3) is 0.417. The van der Waals surface area contributed by atoms with Crippen LogP contribution >= 0.6 is 0 Å². The summed E-state index contributed by atoms with van der Waals surface area (Å²) >= 11 is 0. The SMILES string of the molecule is O=C1NC(c2ccccc2)CN(C(=O)C2CC2c2ccccc2)C1CC1CC1. The van der Waals surface area contributed by atoms with Gasteiger partial charge in [-0.1, -0.05) is 73.5 Å². The molecule has 3 fully saturated rings. The molecule has 0 bridgehead atoms. The van der Waals surface area contributed by atoms with E-state index in [4.69, 9.17) is 0 Å². The van der Waals surface area contributed by atoms with Gasteiger partial charge in [0.2, 0.25) is 11.8 Å². The summed E-state index contributed by atoms with van der Waals surface area (Å²) in [6, 6.07) is 19.8. The minimum absolute atomic E-state index is 0.0114. The lowest BCUT2D eigenvalue weighted by atomic mass is 9.97.